The summed E-state index contributed by atoms with van der Waals surface area (Å²) in [6.45, 7) is 4.78. The van der Waals surface area contributed by atoms with Gasteiger partial charge in [-0.05, 0) is 43.5 Å². The fourth-order valence-corrected chi connectivity index (χ4v) is 3.53. The molecule has 1 aliphatic carbocycles. The van der Waals surface area contributed by atoms with Crippen molar-refractivity contribution < 1.29 is 29.1 Å². The predicted molar refractivity (Wildman–Crippen MR) is 117 cm³/mol. The highest BCUT2D eigenvalue weighted by atomic mass is 16.3. The van der Waals surface area contributed by atoms with Gasteiger partial charge < -0.3 is 16.2 Å². The molecule has 0 spiro atoms. The fourth-order valence-electron chi connectivity index (χ4n) is 3.53. The molecule has 3 amide bonds. The van der Waals surface area contributed by atoms with Gasteiger partial charge in [-0.25, -0.2) is 0 Å². The van der Waals surface area contributed by atoms with Crippen LogP contribution >= 0.6 is 0 Å². The lowest BCUT2D eigenvalue weighted by Gasteiger charge is -2.25. The van der Waals surface area contributed by atoms with Crippen LogP contribution in [0.2, 0.25) is 0 Å². The number of phenolic OH excluding ortho intramolecular Hbond substituents is 1. The molecule has 0 bridgehead atoms. The fraction of sp³-hybridized carbons (Fsp3) is 0.435. The minimum absolute atomic E-state index is 0.00579. The maximum absolute atomic E-state index is 13.2. The van der Waals surface area contributed by atoms with Crippen LogP contribution in [0, 0.1) is 0 Å². The molecule has 32 heavy (non-hydrogen) atoms. The van der Waals surface area contributed by atoms with E-state index in [9.17, 15) is 29.1 Å². The smallest absolute Gasteiger partial charge is 0.264 e. The van der Waals surface area contributed by atoms with Crippen molar-refractivity contribution in [1.82, 2.24) is 10.2 Å². The number of ketones is 2. The maximum atomic E-state index is 13.2. The molecule has 1 aromatic rings. The minimum Gasteiger partial charge on any atom is -0.508 e. The third-order valence-electron chi connectivity index (χ3n) is 5.26. The summed E-state index contributed by atoms with van der Waals surface area (Å²) in [5, 5.41) is 12.3. The maximum Gasteiger partial charge on any atom is 0.264 e. The lowest BCUT2D eigenvalue weighted by atomic mass is 9.82. The van der Waals surface area contributed by atoms with E-state index in [1.54, 1.807) is 0 Å². The van der Waals surface area contributed by atoms with Crippen molar-refractivity contribution in [3.63, 3.8) is 0 Å². The minimum atomic E-state index is -1.06. The number of carbonyl (C=O) groups is 5. The van der Waals surface area contributed by atoms with E-state index >= 15 is 0 Å². The molecule has 0 aliphatic heterocycles. The van der Waals surface area contributed by atoms with Gasteiger partial charge in [0.25, 0.3) is 11.8 Å². The third kappa shape index (κ3) is 5.28. The SMILES string of the molecule is CCCc1cc(O)ccc1C1=C(C(=O)N(C)C(=O)[C@H](C)NC(=O)[C@H](C)N)C(=O)CCC1=O. The van der Waals surface area contributed by atoms with Crippen LogP contribution in [-0.2, 0) is 30.4 Å². The topological polar surface area (TPSA) is 147 Å². The number of nitrogens with two attached hydrogens (primary N) is 1. The molecule has 0 saturated heterocycles. The molecule has 0 aromatic heterocycles. The number of hydrogen-bond donors (Lipinski definition) is 3. The summed E-state index contributed by atoms with van der Waals surface area (Å²) in [7, 11) is 1.19. The third-order valence-corrected chi connectivity index (χ3v) is 5.26. The summed E-state index contributed by atoms with van der Waals surface area (Å²) in [6.07, 6.45) is 1.05. The zero-order valence-electron chi connectivity index (χ0n) is 18.7. The van der Waals surface area contributed by atoms with E-state index in [4.69, 9.17) is 5.73 Å². The summed E-state index contributed by atoms with van der Waals surface area (Å²) in [5.41, 5.74) is 6.12. The molecule has 4 N–H and O–H groups in total. The van der Waals surface area contributed by atoms with Crippen LogP contribution in [-0.4, -0.2) is 58.4 Å². The number of rotatable bonds is 7. The van der Waals surface area contributed by atoms with Gasteiger partial charge in [0.1, 0.15) is 11.8 Å². The van der Waals surface area contributed by atoms with Crippen molar-refractivity contribution in [1.29, 1.82) is 0 Å². The Hall–Kier alpha value is -3.33. The quantitative estimate of drug-likeness (QED) is 0.530. The molecule has 0 saturated carbocycles. The van der Waals surface area contributed by atoms with Gasteiger partial charge in [0.05, 0.1) is 11.6 Å². The van der Waals surface area contributed by atoms with Crippen molar-refractivity contribution in [2.24, 2.45) is 5.73 Å². The van der Waals surface area contributed by atoms with E-state index in [2.05, 4.69) is 5.32 Å². The lowest BCUT2D eigenvalue weighted by molar-refractivity contribution is -0.144. The Balaban J connectivity index is 2.52. The number of aryl methyl sites for hydroxylation is 1. The number of likely N-dealkylation sites (N-methyl/N-ethyl adjacent to an activating group) is 1. The second-order valence-electron chi connectivity index (χ2n) is 7.91. The Labute approximate surface area is 186 Å². The first kappa shape index (κ1) is 24.9. The molecule has 1 aliphatic rings. The van der Waals surface area contributed by atoms with E-state index in [0.717, 1.165) is 4.90 Å². The number of nitrogens with one attached hydrogen (secondary N) is 1. The second-order valence-corrected chi connectivity index (χ2v) is 7.91. The number of carbonyl (C=O) groups excluding carboxylic acids is 5. The van der Waals surface area contributed by atoms with Crippen molar-refractivity contribution in [2.45, 2.75) is 58.5 Å². The molecule has 172 valence electrons. The first-order valence-corrected chi connectivity index (χ1v) is 10.5. The highest BCUT2D eigenvalue weighted by Crippen LogP contribution is 2.33. The molecule has 9 heteroatoms. The molecule has 2 atom stereocenters. The molecule has 0 radical (unpaired) electrons. The normalized spacial score (nSPS) is 15.9. The van der Waals surface area contributed by atoms with Crippen LogP contribution in [0.1, 0.15) is 51.2 Å². The molecule has 9 nitrogen and oxygen atoms in total. The Morgan fingerprint density at radius 1 is 1.16 bits per heavy atom. The number of aromatic hydroxyl groups is 1. The van der Waals surface area contributed by atoms with E-state index in [1.165, 1.54) is 39.1 Å². The highest BCUT2D eigenvalue weighted by molar-refractivity contribution is 6.39. The number of amides is 3. The van der Waals surface area contributed by atoms with Crippen LogP contribution in [0.3, 0.4) is 0 Å². The van der Waals surface area contributed by atoms with Crippen LogP contribution in [0.25, 0.3) is 5.57 Å². The summed E-state index contributed by atoms with van der Waals surface area (Å²) >= 11 is 0. The predicted octanol–water partition coefficient (Wildman–Crippen LogP) is 0.867. The Kier molecular flexibility index (Phi) is 8.04. The van der Waals surface area contributed by atoms with Gasteiger partial charge in [-0.3, -0.25) is 28.9 Å². The number of hydrogen-bond acceptors (Lipinski definition) is 7. The number of imide groups is 1. The van der Waals surface area contributed by atoms with Gasteiger partial charge in [0, 0.05) is 25.5 Å². The molecule has 2 rings (SSSR count). The van der Waals surface area contributed by atoms with Crippen molar-refractivity contribution >= 4 is 34.9 Å². The largest absolute Gasteiger partial charge is 0.508 e. The zero-order valence-corrected chi connectivity index (χ0v) is 18.7. The van der Waals surface area contributed by atoms with Crippen molar-refractivity contribution in [3.05, 3.63) is 34.9 Å². The van der Waals surface area contributed by atoms with E-state index in [1.807, 2.05) is 6.92 Å². The zero-order chi connectivity index (χ0) is 24.2. The van der Waals surface area contributed by atoms with Crippen molar-refractivity contribution in [2.75, 3.05) is 7.05 Å². The van der Waals surface area contributed by atoms with Gasteiger partial charge in [-0.2, -0.15) is 0 Å². The molecular formula is C23H29N3O6. The summed E-state index contributed by atoms with van der Waals surface area (Å²) in [4.78, 5) is 64.1. The first-order chi connectivity index (χ1) is 15.0. The average Bonchev–Trinajstić information content (AvgIpc) is 2.74. The first-order valence-electron chi connectivity index (χ1n) is 10.5. The van der Waals surface area contributed by atoms with Crippen molar-refractivity contribution in [3.8, 4) is 5.75 Å². The number of allylic oxidation sites excluding steroid dienone is 1. The molecule has 0 fully saturated rings. The molecule has 0 heterocycles. The summed E-state index contributed by atoms with van der Waals surface area (Å²) in [5.74, 6) is -3.14. The van der Waals surface area contributed by atoms with E-state index in [0.29, 0.717) is 24.0 Å². The number of benzene rings is 1. The highest BCUT2D eigenvalue weighted by Gasteiger charge is 2.37. The van der Waals surface area contributed by atoms with Crippen LogP contribution in [0.4, 0.5) is 0 Å². The second kappa shape index (κ2) is 10.3. The van der Waals surface area contributed by atoms with Gasteiger partial charge in [0.2, 0.25) is 5.91 Å². The molecule has 0 unspecified atom stereocenters. The Bertz CT molecular complexity index is 995. The van der Waals surface area contributed by atoms with Gasteiger partial charge in [-0.1, -0.05) is 19.4 Å². The van der Waals surface area contributed by atoms with Crippen LogP contribution < -0.4 is 11.1 Å². The number of nitrogens with zero attached hydrogens (tertiary/aromatic N) is 1. The van der Waals surface area contributed by atoms with Gasteiger partial charge >= 0.3 is 0 Å². The molecular weight excluding hydrogens is 414 g/mol. The summed E-state index contributed by atoms with van der Waals surface area (Å²) < 4.78 is 0. The van der Waals surface area contributed by atoms with E-state index in [-0.39, 0.29) is 35.5 Å². The standard InChI is InChI=1S/C23H29N3O6/c1-5-6-14-11-15(27)7-8-16(14)19-17(28)9-10-18(29)20(19)23(32)26(4)22(31)13(3)25-21(30)12(2)24/h7-8,11-13,27H,5-6,9-10,24H2,1-4H3,(H,25,30)/t12-,13-/m0/s1. The molecule has 1 aromatic carbocycles. The van der Waals surface area contributed by atoms with Gasteiger partial charge in [-0.15, -0.1) is 0 Å². The lowest BCUT2D eigenvalue weighted by Crippen LogP contribution is -2.51. The van der Waals surface area contributed by atoms with Gasteiger partial charge in [0.15, 0.2) is 11.6 Å². The van der Waals surface area contributed by atoms with Crippen LogP contribution in [0.5, 0.6) is 5.75 Å². The average molecular weight is 444 g/mol. The van der Waals surface area contributed by atoms with E-state index < -0.39 is 35.6 Å². The number of phenols is 1. The number of Topliss-reactive ketones (excluding diaryl/α,β-unsaturated/α-hetero) is 2. The Morgan fingerprint density at radius 2 is 1.78 bits per heavy atom. The monoisotopic (exact) mass is 443 g/mol. The Morgan fingerprint density at radius 3 is 2.38 bits per heavy atom. The van der Waals surface area contributed by atoms with Crippen LogP contribution in [0.15, 0.2) is 23.8 Å². The summed E-state index contributed by atoms with van der Waals surface area (Å²) in [6, 6.07) is 2.49.